The maximum atomic E-state index is 12.3. The lowest BCUT2D eigenvalue weighted by Crippen LogP contribution is -2.44. The topological polar surface area (TPSA) is 92.6 Å². The SMILES string of the molecule is CC(=O)c1ccc(N2CCC(NC(=O)c3ccc(C)s3)CC2)c([N+](=O)[O-])c1. The maximum absolute atomic E-state index is 12.3. The summed E-state index contributed by atoms with van der Waals surface area (Å²) in [5.41, 5.74) is 0.793. The molecule has 3 rings (SSSR count). The molecule has 0 spiro atoms. The predicted octanol–water partition coefficient (Wildman–Crippen LogP) is 3.57. The molecule has 1 aliphatic rings. The molecule has 1 N–H and O–H groups in total. The number of amides is 1. The first kappa shape index (κ1) is 19.0. The summed E-state index contributed by atoms with van der Waals surface area (Å²) in [6.07, 6.45) is 1.42. The van der Waals surface area contributed by atoms with Gasteiger partial charge in [0.15, 0.2) is 5.78 Å². The monoisotopic (exact) mass is 387 g/mol. The number of thiophene rings is 1. The van der Waals surface area contributed by atoms with E-state index >= 15 is 0 Å². The number of nitrogens with one attached hydrogen (secondary N) is 1. The van der Waals surface area contributed by atoms with E-state index in [1.54, 1.807) is 12.1 Å². The summed E-state index contributed by atoms with van der Waals surface area (Å²) < 4.78 is 0. The third-order valence-electron chi connectivity index (χ3n) is 4.71. The van der Waals surface area contributed by atoms with E-state index in [2.05, 4.69) is 5.32 Å². The van der Waals surface area contributed by atoms with E-state index in [-0.39, 0.29) is 23.4 Å². The molecule has 1 fully saturated rings. The number of anilines is 1. The first-order valence-corrected chi connectivity index (χ1v) is 9.58. The zero-order valence-electron chi connectivity index (χ0n) is 15.2. The molecule has 2 heterocycles. The number of hydrogen-bond acceptors (Lipinski definition) is 6. The van der Waals surface area contributed by atoms with Gasteiger partial charge in [0.1, 0.15) is 5.69 Å². The molecule has 1 aromatic heterocycles. The molecule has 142 valence electrons. The van der Waals surface area contributed by atoms with Crippen LogP contribution in [0.15, 0.2) is 30.3 Å². The van der Waals surface area contributed by atoms with Crippen LogP contribution in [0.25, 0.3) is 0 Å². The molecule has 0 bridgehead atoms. The van der Waals surface area contributed by atoms with Crippen LogP contribution >= 0.6 is 11.3 Å². The van der Waals surface area contributed by atoms with Crippen LogP contribution in [0.1, 0.15) is 44.7 Å². The zero-order chi connectivity index (χ0) is 19.6. The van der Waals surface area contributed by atoms with Crippen molar-refractivity contribution in [3.05, 3.63) is 55.8 Å². The standard InChI is InChI=1S/C19H21N3O4S/c1-12-3-6-18(27-12)19(24)20-15-7-9-21(10-8-15)16-5-4-14(13(2)23)11-17(16)22(25)26/h3-6,11,15H,7-10H2,1-2H3,(H,20,24). The molecule has 0 radical (unpaired) electrons. The smallest absolute Gasteiger partial charge is 0.293 e. The molecule has 2 aromatic rings. The third kappa shape index (κ3) is 4.33. The van der Waals surface area contributed by atoms with Crippen molar-refractivity contribution in [3.63, 3.8) is 0 Å². The van der Waals surface area contributed by atoms with E-state index in [4.69, 9.17) is 0 Å². The largest absolute Gasteiger partial charge is 0.366 e. The molecule has 1 aromatic carbocycles. The molecule has 0 atom stereocenters. The van der Waals surface area contributed by atoms with Gasteiger partial charge in [-0.3, -0.25) is 19.7 Å². The Morgan fingerprint density at radius 3 is 2.48 bits per heavy atom. The van der Waals surface area contributed by atoms with Gasteiger partial charge in [-0.1, -0.05) is 0 Å². The summed E-state index contributed by atoms with van der Waals surface area (Å²) in [6, 6.07) is 8.40. The maximum Gasteiger partial charge on any atom is 0.293 e. The van der Waals surface area contributed by atoms with E-state index in [0.29, 0.717) is 42.1 Å². The molecular formula is C19H21N3O4S. The summed E-state index contributed by atoms with van der Waals surface area (Å²) in [7, 11) is 0. The highest BCUT2D eigenvalue weighted by Crippen LogP contribution is 2.31. The first-order valence-electron chi connectivity index (χ1n) is 8.77. The van der Waals surface area contributed by atoms with Crippen LogP contribution in [0.2, 0.25) is 0 Å². The average molecular weight is 387 g/mol. The van der Waals surface area contributed by atoms with Gasteiger partial charge in [0, 0.05) is 35.6 Å². The van der Waals surface area contributed by atoms with Crippen LogP contribution in [-0.4, -0.2) is 35.7 Å². The molecule has 1 amide bonds. The summed E-state index contributed by atoms with van der Waals surface area (Å²) >= 11 is 1.47. The number of ketones is 1. The number of nitro groups is 1. The van der Waals surface area contributed by atoms with Crippen LogP contribution in [0.4, 0.5) is 11.4 Å². The highest BCUT2D eigenvalue weighted by Gasteiger charge is 2.26. The summed E-state index contributed by atoms with van der Waals surface area (Å²) in [5.74, 6) is -0.266. The molecule has 8 heteroatoms. The molecule has 0 saturated carbocycles. The number of carbonyl (C=O) groups excluding carboxylic acids is 2. The van der Waals surface area contributed by atoms with E-state index in [1.807, 2.05) is 24.0 Å². The van der Waals surface area contributed by atoms with Gasteiger partial charge in [-0.2, -0.15) is 0 Å². The van der Waals surface area contributed by atoms with E-state index in [1.165, 1.54) is 24.3 Å². The highest BCUT2D eigenvalue weighted by molar-refractivity contribution is 7.13. The van der Waals surface area contributed by atoms with Gasteiger partial charge in [0.05, 0.1) is 9.80 Å². The van der Waals surface area contributed by atoms with Crippen LogP contribution in [0.5, 0.6) is 0 Å². The van der Waals surface area contributed by atoms with Crippen molar-refractivity contribution < 1.29 is 14.5 Å². The van der Waals surface area contributed by atoms with Gasteiger partial charge in [0.25, 0.3) is 11.6 Å². The van der Waals surface area contributed by atoms with E-state index in [0.717, 1.165) is 4.88 Å². The minimum absolute atomic E-state index is 0.0479. The van der Waals surface area contributed by atoms with E-state index < -0.39 is 4.92 Å². The molecule has 0 unspecified atom stereocenters. The van der Waals surface area contributed by atoms with Gasteiger partial charge in [-0.25, -0.2) is 0 Å². The fourth-order valence-corrected chi connectivity index (χ4v) is 4.00. The lowest BCUT2D eigenvalue weighted by Gasteiger charge is -2.33. The van der Waals surface area contributed by atoms with Crippen molar-refractivity contribution in [2.45, 2.75) is 32.7 Å². The van der Waals surface area contributed by atoms with E-state index in [9.17, 15) is 19.7 Å². The Hall–Kier alpha value is -2.74. The summed E-state index contributed by atoms with van der Waals surface area (Å²) in [4.78, 5) is 38.5. The second-order valence-electron chi connectivity index (χ2n) is 6.66. The number of nitrogens with zero attached hydrogens (tertiary/aromatic N) is 2. The van der Waals surface area contributed by atoms with Crippen LogP contribution in [-0.2, 0) is 0 Å². The quantitative estimate of drug-likeness (QED) is 0.481. The molecule has 7 nitrogen and oxygen atoms in total. The number of nitro benzene ring substituents is 1. The number of rotatable bonds is 5. The molecule has 0 aliphatic carbocycles. The number of hydrogen-bond donors (Lipinski definition) is 1. The molecular weight excluding hydrogens is 366 g/mol. The molecule has 27 heavy (non-hydrogen) atoms. The molecule has 1 saturated heterocycles. The first-order chi connectivity index (χ1) is 12.8. The van der Waals surface area contributed by atoms with Gasteiger partial charge >= 0.3 is 0 Å². The van der Waals surface area contributed by atoms with Crippen LogP contribution in [0, 0.1) is 17.0 Å². The van der Waals surface area contributed by atoms with Crippen molar-refractivity contribution >= 4 is 34.4 Å². The van der Waals surface area contributed by atoms with Crippen molar-refractivity contribution in [3.8, 4) is 0 Å². The summed E-state index contributed by atoms with van der Waals surface area (Å²) in [5, 5.41) is 14.5. The van der Waals surface area contributed by atoms with Crippen LogP contribution in [0.3, 0.4) is 0 Å². The Balaban J connectivity index is 1.66. The van der Waals surface area contributed by atoms with Gasteiger partial charge in [-0.15, -0.1) is 11.3 Å². The number of benzene rings is 1. The van der Waals surface area contributed by atoms with Crippen molar-refractivity contribution in [2.24, 2.45) is 0 Å². The minimum Gasteiger partial charge on any atom is -0.366 e. The minimum atomic E-state index is -0.450. The second-order valence-corrected chi connectivity index (χ2v) is 7.95. The Morgan fingerprint density at radius 2 is 1.93 bits per heavy atom. The lowest BCUT2D eigenvalue weighted by atomic mass is 10.0. The second kappa shape index (κ2) is 7.87. The molecule has 1 aliphatic heterocycles. The van der Waals surface area contributed by atoms with Crippen molar-refractivity contribution in [1.82, 2.24) is 5.32 Å². The Labute approximate surface area is 161 Å². The fraction of sp³-hybridized carbons (Fsp3) is 0.368. The van der Waals surface area contributed by atoms with Crippen molar-refractivity contribution in [2.75, 3.05) is 18.0 Å². The van der Waals surface area contributed by atoms with Gasteiger partial charge < -0.3 is 10.2 Å². The summed E-state index contributed by atoms with van der Waals surface area (Å²) in [6.45, 7) is 4.57. The van der Waals surface area contributed by atoms with Gasteiger partial charge in [-0.05, 0) is 51.0 Å². The van der Waals surface area contributed by atoms with Crippen LogP contribution < -0.4 is 10.2 Å². The Kier molecular flexibility index (Phi) is 5.55. The number of carbonyl (C=O) groups is 2. The number of aryl methyl sites for hydroxylation is 1. The Morgan fingerprint density at radius 1 is 1.22 bits per heavy atom. The third-order valence-corrected chi connectivity index (χ3v) is 5.71. The van der Waals surface area contributed by atoms with Crippen molar-refractivity contribution in [1.29, 1.82) is 0 Å². The number of piperidine rings is 1. The Bertz CT molecular complexity index is 885. The van der Waals surface area contributed by atoms with Gasteiger partial charge in [0.2, 0.25) is 0 Å². The fourth-order valence-electron chi connectivity index (χ4n) is 3.23. The normalized spacial score (nSPS) is 14.8. The zero-order valence-corrected chi connectivity index (χ0v) is 16.0. The lowest BCUT2D eigenvalue weighted by molar-refractivity contribution is -0.384. The highest BCUT2D eigenvalue weighted by atomic mass is 32.1. The number of Topliss-reactive ketones (excluding diaryl/α,β-unsaturated/α-hetero) is 1. The predicted molar refractivity (Wildman–Crippen MR) is 105 cm³/mol. The average Bonchev–Trinajstić information content (AvgIpc) is 3.08.